The van der Waals surface area contributed by atoms with Crippen molar-refractivity contribution < 1.29 is 9.53 Å². The molecule has 3 aromatic rings. The van der Waals surface area contributed by atoms with Gasteiger partial charge in [-0.05, 0) is 30.4 Å². The summed E-state index contributed by atoms with van der Waals surface area (Å²) in [6.07, 6.45) is 3.67. The van der Waals surface area contributed by atoms with Gasteiger partial charge in [-0.2, -0.15) is 0 Å². The number of carbonyl (C=O) groups is 1. The van der Waals surface area contributed by atoms with Gasteiger partial charge in [-0.1, -0.05) is 60.7 Å². The monoisotopic (exact) mass is 378 g/mol. The lowest BCUT2D eigenvalue weighted by molar-refractivity contribution is 0.154. The summed E-state index contributed by atoms with van der Waals surface area (Å²) in [5, 5.41) is 3.59. The molecule has 1 heterocycles. The first-order valence-electron chi connectivity index (χ1n) is 9.52. The van der Waals surface area contributed by atoms with Gasteiger partial charge in [0.15, 0.2) is 0 Å². The Morgan fingerprint density at radius 1 is 1.07 bits per heavy atom. The first-order chi connectivity index (χ1) is 13.7. The molecule has 1 amide bonds. The maximum Gasteiger partial charge on any atom is 0.404 e. The molecule has 6 heteroatoms. The highest BCUT2D eigenvalue weighted by molar-refractivity contribution is 5.64. The molecule has 0 saturated carbocycles. The largest absolute Gasteiger partial charge is 0.450 e. The van der Waals surface area contributed by atoms with Gasteiger partial charge in [0.1, 0.15) is 5.82 Å². The fraction of sp³-hybridized carbons (Fsp3) is 0.273. The van der Waals surface area contributed by atoms with Crippen molar-refractivity contribution in [3.63, 3.8) is 0 Å². The third-order valence-corrected chi connectivity index (χ3v) is 4.54. The number of H-pyrrole nitrogens is 1. The summed E-state index contributed by atoms with van der Waals surface area (Å²) in [7, 11) is 0. The molecule has 0 fully saturated rings. The summed E-state index contributed by atoms with van der Waals surface area (Å²) >= 11 is 0. The number of nitrogens with one attached hydrogen (secondary N) is 2. The molecule has 0 saturated heterocycles. The van der Waals surface area contributed by atoms with E-state index in [1.807, 2.05) is 42.6 Å². The SMILES string of the molecule is NC(=O)OCCCCC(NCc1ccccc1)c1ncc(-c2ccccc2)[nH]1. The quantitative estimate of drug-likeness (QED) is 0.462. The average Bonchev–Trinajstić information content (AvgIpc) is 3.21. The van der Waals surface area contributed by atoms with Gasteiger partial charge in [-0.25, -0.2) is 9.78 Å². The number of hydrogen-bond donors (Lipinski definition) is 3. The molecule has 146 valence electrons. The smallest absolute Gasteiger partial charge is 0.404 e. The van der Waals surface area contributed by atoms with Crippen molar-refractivity contribution in [2.45, 2.75) is 31.8 Å². The lowest BCUT2D eigenvalue weighted by Gasteiger charge is -2.17. The van der Waals surface area contributed by atoms with Gasteiger partial charge in [0.2, 0.25) is 0 Å². The molecule has 0 spiro atoms. The van der Waals surface area contributed by atoms with Gasteiger partial charge in [-0.3, -0.25) is 0 Å². The molecule has 0 radical (unpaired) electrons. The molecule has 0 bridgehead atoms. The Morgan fingerprint density at radius 2 is 1.79 bits per heavy atom. The Hall–Kier alpha value is -3.12. The zero-order valence-electron chi connectivity index (χ0n) is 15.8. The molecule has 4 N–H and O–H groups in total. The Bertz CT molecular complexity index is 849. The van der Waals surface area contributed by atoms with Crippen molar-refractivity contribution in [3.8, 4) is 11.3 Å². The zero-order valence-corrected chi connectivity index (χ0v) is 15.8. The van der Waals surface area contributed by atoms with E-state index in [2.05, 4.69) is 39.6 Å². The van der Waals surface area contributed by atoms with Gasteiger partial charge < -0.3 is 20.8 Å². The third-order valence-electron chi connectivity index (χ3n) is 4.54. The summed E-state index contributed by atoms with van der Waals surface area (Å²) in [4.78, 5) is 18.7. The van der Waals surface area contributed by atoms with Crippen molar-refractivity contribution in [3.05, 3.63) is 78.2 Å². The molecule has 28 heavy (non-hydrogen) atoms. The number of aromatic nitrogens is 2. The third kappa shape index (κ3) is 5.96. The van der Waals surface area contributed by atoms with Crippen LogP contribution in [0.4, 0.5) is 4.79 Å². The number of imidazole rings is 1. The maximum absolute atomic E-state index is 10.7. The molecule has 6 nitrogen and oxygen atoms in total. The summed E-state index contributed by atoms with van der Waals surface area (Å²) in [6.45, 7) is 1.10. The fourth-order valence-corrected chi connectivity index (χ4v) is 3.07. The van der Waals surface area contributed by atoms with Crippen molar-refractivity contribution in [2.24, 2.45) is 5.73 Å². The molecular weight excluding hydrogens is 352 g/mol. The first kappa shape index (κ1) is 19.6. The number of aromatic amines is 1. The highest BCUT2D eigenvalue weighted by Crippen LogP contribution is 2.22. The van der Waals surface area contributed by atoms with Crippen LogP contribution < -0.4 is 11.1 Å². The molecule has 1 aromatic heterocycles. The highest BCUT2D eigenvalue weighted by Gasteiger charge is 2.15. The molecule has 2 aromatic carbocycles. The predicted molar refractivity (Wildman–Crippen MR) is 109 cm³/mol. The van der Waals surface area contributed by atoms with E-state index >= 15 is 0 Å². The summed E-state index contributed by atoms with van der Waals surface area (Å²) < 4.78 is 4.82. The van der Waals surface area contributed by atoms with Crippen molar-refractivity contribution in [1.29, 1.82) is 0 Å². The van der Waals surface area contributed by atoms with Crippen LogP contribution in [-0.2, 0) is 11.3 Å². The number of unbranched alkanes of at least 4 members (excludes halogenated alkanes) is 1. The predicted octanol–water partition coefficient (Wildman–Crippen LogP) is 4.17. The second-order valence-electron chi connectivity index (χ2n) is 6.63. The normalized spacial score (nSPS) is 11.9. The number of amides is 1. The zero-order chi connectivity index (χ0) is 19.6. The number of carbonyl (C=O) groups excluding carboxylic acids is 1. The van der Waals surface area contributed by atoms with Gasteiger partial charge >= 0.3 is 6.09 Å². The number of ether oxygens (including phenoxy) is 1. The van der Waals surface area contributed by atoms with Gasteiger partial charge in [0.25, 0.3) is 0 Å². The average molecular weight is 378 g/mol. The fourth-order valence-electron chi connectivity index (χ4n) is 3.07. The molecule has 1 atom stereocenters. The van der Waals surface area contributed by atoms with E-state index < -0.39 is 6.09 Å². The molecular formula is C22H26N4O2. The number of hydrogen-bond acceptors (Lipinski definition) is 4. The van der Waals surface area contributed by atoms with Crippen LogP contribution in [0.5, 0.6) is 0 Å². The lowest BCUT2D eigenvalue weighted by atomic mass is 10.1. The van der Waals surface area contributed by atoms with Gasteiger partial charge in [0, 0.05) is 6.54 Å². The van der Waals surface area contributed by atoms with Crippen LogP contribution in [-0.4, -0.2) is 22.7 Å². The Morgan fingerprint density at radius 3 is 2.50 bits per heavy atom. The van der Waals surface area contributed by atoms with Gasteiger partial charge in [0.05, 0.1) is 24.5 Å². The topological polar surface area (TPSA) is 93.0 Å². The summed E-state index contributed by atoms with van der Waals surface area (Å²) in [5.74, 6) is 0.908. The second-order valence-corrected chi connectivity index (χ2v) is 6.63. The number of benzene rings is 2. The minimum Gasteiger partial charge on any atom is -0.450 e. The minimum absolute atomic E-state index is 0.0752. The van der Waals surface area contributed by atoms with E-state index in [-0.39, 0.29) is 6.04 Å². The van der Waals surface area contributed by atoms with Crippen molar-refractivity contribution >= 4 is 6.09 Å². The first-order valence-corrected chi connectivity index (χ1v) is 9.52. The minimum atomic E-state index is -0.725. The number of rotatable bonds is 10. The highest BCUT2D eigenvalue weighted by atomic mass is 16.5. The van der Waals surface area contributed by atoms with Crippen LogP contribution in [0.1, 0.15) is 36.7 Å². The Balaban J connectivity index is 1.64. The van der Waals surface area contributed by atoms with Crippen LogP contribution in [0.25, 0.3) is 11.3 Å². The summed E-state index contributed by atoms with van der Waals surface area (Å²) in [5.41, 5.74) is 8.34. The summed E-state index contributed by atoms with van der Waals surface area (Å²) in [6, 6.07) is 20.5. The van der Waals surface area contributed by atoms with E-state index in [4.69, 9.17) is 10.5 Å². The van der Waals surface area contributed by atoms with Crippen LogP contribution in [0.2, 0.25) is 0 Å². The van der Waals surface area contributed by atoms with Crippen molar-refractivity contribution in [2.75, 3.05) is 6.61 Å². The Labute approximate surface area is 165 Å². The molecule has 0 aliphatic carbocycles. The van der Waals surface area contributed by atoms with Crippen LogP contribution in [0.3, 0.4) is 0 Å². The van der Waals surface area contributed by atoms with Crippen LogP contribution >= 0.6 is 0 Å². The number of nitrogens with zero attached hydrogens (tertiary/aromatic N) is 1. The van der Waals surface area contributed by atoms with E-state index in [0.29, 0.717) is 6.61 Å². The lowest BCUT2D eigenvalue weighted by Crippen LogP contribution is -2.22. The molecule has 0 aliphatic heterocycles. The molecule has 1 unspecified atom stereocenters. The molecule has 3 rings (SSSR count). The number of primary amides is 1. The van der Waals surface area contributed by atoms with E-state index in [1.165, 1.54) is 5.56 Å². The second kappa shape index (κ2) is 10.3. The molecule has 0 aliphatic rings. The van der Waals surface area contributed by atoms with E-state index in [0.717, 1.165) is 42.9 Å². The van der Waals surface area contributed by atoms with Crippen LogP contribution in [0, 0.1) is 0 Å². The standard InChI is InChI=1S/C22H26N4O2/c23-22(27)28-14-8-7-13-19(24-15-17-9-3-1-4-10-17)21-25-16-20(26-21)18-11-5-2-6-12-18/h1-6,9-12,16,19,24H,7-8,13-15H2,(H2,23,27)(H,25,26). The van der Waals surface area contributed by atoms with E-state index in [9.17, 15) is 4.79 Å². The Kier molecular flexibility index (Phi) is 7.21. The van der Waals surface area contributed by atoms with Crippen LogP contribution in [0.15, 0.2) is 66.9 Å². The van der Waals surface area contributed by atoms with Gasteiger partial charge in [-0.15, -0.1) is 0 Å². The maximum atomic E-state index is 10.7. The van der Waals surface area contributed by atoms with E-state index in [1.54, 1.807) is 0 Å². The van der Waals surface area contributed by atoms with Crippen molar-refractivity contribution in [1.82, 2.24) is 15.3 Å². The number of nitrogens with two attached hydrogens (primary N) is 1.